The quantitative estimate of drug-likeness (QED) is 0.700. The molecule has 0 radical (unpaired) electrons. The molecule has 5 nitrogen and oxygen atoms in total. The fourth-order valence-electron chi connectivity index (χ4n) is 1.82. The highest BCUT2D eigenvalue weighted by atomic mass is 28.4. The van der Waals surface area contributed by atoms with Gasteiger partial charge in [-0.25, -0.2) is 4.98 Å². The van der Waals surface area contributed by atoms with Gasteiger partial charge in [0.1, 0.15) is 5.82 Å². The molecular formula is C12H16N2O3Si. The predicted octanol–water partition coefficient (Wildman–Crippen LogP) is 0.856. The van der Waals surface area contributed by atoms with Gasteiger partial charge in [0.2, 0.25) is 0 Å². The third kappa shape index (κ3) is 3.51. The van der Waals surface area contributed by atoms with E-state index in [2.05, 4.69) is 4.98 Å². The summed E-state index contributed by atoms with van der Waals surface area (Å²) in [6.45, 7) is 0.598. The van der Waals surface area contributed by atoms with E-state index in [1.807, 2.05) is 41.1 Å². The van der Waals surface area contributed by atoms with Crippen LogP contribution in [0.25, 0.3) is 11.4 Å². The van der Waals surface area contributed by atoms with Crippen LogP contribution in [0.3, 0.4) is 0 Å². The van der Waals surface area contributed by atoms with Crippen LogP contribution >= 0.6 is 0 Å². The Labute approximate surface area is 106 Å². The minimum absolute atomic E-state index is 0.0411. The van der Waals surface area contributed by atoms with Crippen molar-refractivity contribution in [2.45, 2.75) is 19.0 Å². The lowest BCUT2D eigenvalue weighted by Gasteiger charge is -2.11. The Balaban J connectivity index is 2.05. The van der Waals surface area contributed by atoms with Crippen LogP contribution in [0.15, 0.2) is 42.7 Å². The molecule has 6 heteroatoms. The fraction of sp³-hybridized carbons (Fsp3) is 0.250. The minimum atomic E-state index is -3.92. The molecule has 0 aliphatic rings. The minimum Gasteiger partial charge on any atom is -0.390 e. The number of hydrogen-bond donors (Lipinski definition) is 3. The van der Waals surface area contributed by atoms with Gasteiger partial charge in [-0.2, -0.15) is 0 Å². The molecule has 0 saturated heterocycles. The van der Waals surface area contributed by atoms with Crippen LogP contribution in [0.1, 0.15) is 6.42 Å². The van der Waals surface area contributed by atoms with Gasteiger partial charge < -0.3 is 19.0 Å². The number of aryl methyl sites for hydroxylation is 1. The number of rotatable bonds is 5. The number of benzene rings is 1. The second-order valence-electron chi connectivity index (χ2n) is 4.19. The first-order chi connectivity index (χ1) is 8.56. The average Bonchev–Trinajstić information content (AvgIpc) is 2.77. The summed E-state index contributed by atoms with van der Waals surface area (Å²) in [5, 5.41) is 0. The van der Waals surface area contributed by atoms with E-state index in [1.54, 1.807) is 6.20 Å². The van der Waals surface area contributed by atoms with Crippen LogP contribution in [0.5, 0.6) is 0 Å². The Bertz CT molecular complexity index is 494. The molecule has 0 saturated carbocycles. The van der Waals surface area contributed by atoms with Crippen LogP contribution in [0, 0.1) is 0 Å². The first-order valence-electron chi connectivity index (χ1n) is 5.80. The lowest BCUT2D eigenvalue weighted by atomic mass is 10.2. The summed E-state index contributed by atoms with van der Waals surface area (Å²) in [6.07, 6.45) is 4.06. The van der Waals surface area contributed by atoms with Crippen LogP contribution < -0.4 is 0 Å². The van der Waals surface area contributed by atoms with E-state index < -0.39 is 8.80 Å². The molecule has 0 atom stereocenters. The number of aromatic nitrogens is 2. The zero-order valence-corrected chi connectivity index (χ0v) is 10.9. The molecule has 18 heavy (non-hydrogen) atoms. The predicted molar refractivity (Wildman–Crippen MR) is 69.5 cm³/mol. The summed E-state index contributed by atoms with van der Waals surface area (Å²) in [6, 6.07) is 9.83. The maximum absolute atomic E-state index is 8.96. The van der Waals surface area contributed by atoms with Gasteiger partial charge in [0, 0.05) is 30.5 Å². The third-order valence-corrected chi connectivity index (χ3v) is 3.68. The van der Waals surface area contributed by atoms with E-state index in [9.17, 15) is 0 Å². The molecule has 3 N–H and O–H groups in total. The molecule has 0 spiro atoms. The van der Waals surface area contributed by atoms with E-state index in [0.29, 0.717) is 13.0 Å². The Morgan fingerprint density at radius 3 is 2.50 bits per heavy atom. The summed E-state index contributed by atoms with van der Waals surface area (Å²) in [4.78, 5) is 31.2. The number of hydrogen-bond acceptors (Lipinski definition) is 4. The molecule has 0 amide bonds. The molecule has 1 aromatic heterocycles. The van der Waals surface area contributed by atoms with Crippen molar-refractivity contribution in [3.63, 3.8) is 0 Å². The van der Waals surface area contributed by atoms with Crippen molar-refractivity contribution < 1.29 is 14.4 Å². The van der Waals surface area contributed by atoms with E-state index in [0.717, 1.165) is 11.4 Å². The molecule has 2 aromatic rings. The first kappa shape index (κ1) is 13.0. The standard InChI is InChI=1S/C12H16N2O3Si/c15-18(16,17)10-4-8-14-9-7-13-12(14)11-5-2-1-3-6-11/h1-3,5-7,9,15-17H,4,8,10H2. The highest BCUT2D eigenvalue weighted by molar-refractivity contribution is 6.56. The smallest absolute Gasteiger partial charge is 0.390 e. The topological polar surface area (TPSA) is 78.5 Å². The highest BCUT2D eigenvalue weighted by Gasteiger charge is 2.25. The van der Waals surface area contributed by atoms with E-state index in [-0.39, 0.29) is 6.04 Å². The van der Waals surface area contributed by atoms with Crippen molar-refractivity contribution in [1.29, 1.82) is 0 Å². The molecule has 0 bridgehead atoms. The lowest BCUT2D eigenvalue weighted by molar-refractivity contribution is 0.225. The van der Waals surface area contributed by atoms with Gasteiger partial charge in [0.25, 0.3) is 0 Å². The summed E-state index contributed by atoms with van der Waals surface area (Å²) in [5.41, 5.74) is 1.02. The van der Waals surface area contributed by atoms with Gasteiger partial charge in [-0.3, -0.25) is 0 Å². The molecule has 1 heterocycles. The summed E-state index contributed by atoms with van der Waals surface area (Å²) in [5.74, 6) is 0.844. The molecular weight excluding hydrogens is 248 g/mol. The van der Waals surface area contributed by atoms with E-state index >= 15 is 0 Å². The largest absolute Gasteiger partial charge is 0.492 e. The maximum atomic E-state index is 8.96. The summed E-state index contributed by atoms with van der Waals surface area (Å²) in [7, 11) is -3.92. The van der Waals surface area contributed by atoms with Crippen molar-refractivity contribution in [3.8, 4) is 11.4 Å². The Morgan fingerprint density at radius 1 is 1.11 bits per heavy atom. The second-order valence-corrected chi connectivity index (χ2v) is 6.24. The molecule has 1 aromatic carbocycles. The summed E-state index contributed by atoms with van der Waals surface area (Å²) < 4.78 is 1.94. The number of nitrogens with zero attached hydrogens (tertiary/aromatic N) is 2. The van der Waals surface area contributed by atoms with Crippen molar-refractivity contribution in [2.24, 2.45) is 0 Å². The molecule has 96 valence electrons. The van der Waals surface area contributed by atoms with E-state index in [4.69, 9.17) is 14.4 Å². The van der Waals surface area contributed by atoms with Gasteiger partial charge in [-0.15, -0.1) is 0 Å². The van der Waals surface area contributed by atoms with Crippen LogP contribution in [0.2, 0.25) is 6.04 Å². The van der Waals surface area contributed by atoms with Gasteiger partial charge in [0.15, 0.2) is 0 Å². The van der Waals surface area contributed by atoms with Crippen LogP contribution in [0.4, 0.5) is 0 Å². The van der Waals surface area contributed by atoms with Gasteiger partial charge in [-0.1, -0.05) is 30.3 Å². The molecule has 0 aliphatic carbocycles. The first-order valence-corrected chi connectivity index (χ1v) is 7.85. The third-order valence-electron chi connectivity index (χ3n) is 2.66. The zero-order valence-electron chi connectivity index (χ0n) is 9.90. The maximum Gasteiger partial charge on any atom is 0.492 e. The molecule has 0 fully saturated rings. The van der Waals surface area contributed by atoms with Crippen LogP contribution in [-0.4, -0.2) is 32.7 Å². The second kappa shape index (κ2) is 5.45. The monoisotopic (exact) mass is 264 g/mol. The van der Waals surface area contributed by atoms with Gasteiger partial charge >= 0.3 is 8.80 Å². The van der Waals surface area contributed by atoms with Crippen molar-refractivity contribution >= 4 is 8.80 Å². The van der Waals surface area contributed by atoms with Crippen LogP contribution in [-0.2, 0) is 6.54 Å². The van der Waals surface area contributed by atoms with Gasteiger partial charge in [0.05, 0.1) is 0 Å². The lowest BCUT2D eigenvalue weighted by Crippen LogP contribution is -2.34. The Kier molecular flexibility index (Phi) is 3.92. The van der Waals surface area contributed by atoms with E-state index in [1.165, 1.54) is 0 Å². The van der Waals surface area contributed by atoms with Crippen molar-refractivity contribution in [3.05, 3.63) is 42.7 Å². The summed E-state index contributed by atoms with van der Waals surface area (Å²) >= 11 is 0. The fourth-order valence-corrected chi connectivity index (χ4v) is 2.46. The Hall–Kier alpha value is -1.47. The SMILES string of the molecule is O[Si](O)(O)CCCn1ccnc1-c1ccccc1. The molecule has 0 aliphatic heterocycles. The van der Waals surface area contributed by atoms with Crippen molar-refractivity contribution in [1.82, 2.24) is 9.55 Å². The molecule has 2 rings (SSSR count). The van der Waals surface area contributed by atoms with Crippen molar-refractivity contribution in [2.75, 3.05) is 0 Å². The normalized spacial score (nSPS) is 11.7. The molecule has 0 unspecified atom stereocenters. The number of imidazole rings is 1. The zero-order chi connectivity index (χ0) is 13.0. The average molecular weight is 264 g/mol. The van der Waals surface area contributed by atoms with Gasteiger partial charge in [-0.05, 0) is 6.42 Å². The Morgan fingerprint density at radius 2 is 1.83 bits per heavy atom. The highest BCUT2D eigenvalue weighted by Crippen LogP contribution is 2.17.